The van der Waals surface area contributed by atoms with Crippen molar-refractivity contribution >= 4 is 22.7 Å². The molecular formula is C16H22N4O2S. The Morgan fingerprint density at radius 1 is 1.22 bits per heavy atom. The minimum atomic E-state index is -0.304. The molecule has 1 aromatic heterocycles. The van der Waals surface area contributed by atoms with Gasteiger partial charge in [0.15, 0.2) is 5.82 Å². The van der Waals surface area contributed by atoms with Gasteiger partial charge in [-0.2, -0.15) is 9.36 Å². The van der Waals surface area contributed by atoms with Gasteiger partial charge in [0.05, 0.1) is 12.6 Å². The summed E-state index contributed by atoms with van der Waals surface area (Å²) in [7, 11) is 0. The summed E-state index contributed by atoms with van der Waals surface area (Å²) in [5.74, 6) is 1.09. The SMILES string of the molecule is CC(C)COCC(C)NC(=O)Nc1nc(-c2ccccc2)ns1. The van der Waals surface area contributed by atoms with Gasteiger partial charge in [-0.15, -0.1) is 0 Å². The summed E-state index contributed by atoms with van der Waals surface area (Å²) in [6.45, 7) is 7.24. The molecule has 0 radical (unpaired) electrons. The van der Waals surface area contributed by atoms with Gasteiger partial charge in [0.1, 0.15) is 0 Å². The Bertz CT molecular complexity index is 616. The lowest BCUT2D eigenvalue weighted by Crippen LogP contribution is -2.39. The minimum Gasteiger partial charge on any atom is -0.379 e. The molecular weight excluding hydrogens is 312 g/mol. The van der Waals surface area contributed by atoms with E-state index in [1.54, 1.807) is 0 Å². The van der Waals surface area contributed by atoms with E-state index in [2.05, 4.69) is 33.8 Å². The normalized spacial score (nSPS) is 12.2. The van der Waals surface area contributed by atoms with E-state index in [1.807, 2.05) is 37.3 Å². The fourth-order valence-corrected chi connectivity index (χ4v) is 2.44. The number of hydrogen-bond acceptors (Lipinski definition) is 5. The zero-order valence-corrected chi connectivity index (χ0v) is 14.4. The van der Waals surface area contributed by atoms with E-state index in [0.29, 0.717) is 30.1 Å². The van der Waals surface area contributed by atoms with E-state index in [-0.39, 0.29) is 12.1 Å². The van der Waals surface area contributed by atoms with Crippen molar-refractivity contribution in [2.75, 3.05) is 18.5 Å². The van der Waals surface area contributed by atoms with Gasteiger partial charge in [-0.05, 0) is 12.8 Å². The topological polar surface area (TPSA) is 76.1 Å². The molecule has 1 unspecified atom stereocenters. The number of ether oxygens (including phenoxy) is 1. The predicted octanol–water partition coefficient (Wildman–Crippen LogP) is 3.39. The van der Waals surface area contributed by atoms with Crippen LogP contribution < -0.4 is 10.6 Å². The van der Waals surface area contributed by atoms with E-state index in [1.165, 1.54) is 0 Å². The molecule has 124 valence electrons. The Morgan fingerprint density at radius 3 is 2.65 bits per heavy atom. The Hall–Kier alpha value is -1.99. The third kappa shape index (κ3) is 5.96. The van der Waals surface area contributed by atoms with Crippen molar-refractivity contribution in [3.8, 4) is 11.4 Å². The first-order chi connectivity index (χ1) is 11.0. The summed E-state index contributed by atoms with van der Waals surface area (Å²) in [4.78, 5) is 16.2. The van der Waals surface area contributed by atoms with Gasteiger partial charge in [0, 0.05) is 23.7 Å². The van der Waals surface area contributed by atoms with Crippen LogP contribution in [0.2, 0.25) is 0 Å². The number of aromatic nitrogens is 2. The van der Waals surface area contributed by atoms with Crippen molar-refractivity contribution in [2.24, 2.45) is 5.92 Å². The largest absolute Gasteiger partial charge is 0.379 e. The molecule has 1 heterocycles. The van der Waals surface area contributed by atoms with E-state index >= 15 is 0 Å². The fourth-order valence-electron chi connectivity index (χ4n) is 1.86. The number of nitrogens with zero attached hydrogens (tertiary/aromatic N) is 2. The lowest BCUT2D eigenvalue weighted by molar-refractivity contribution is 0.0960. The van der Waals surface area contributed by atoms with Crippen LogP contribution in [0.3, 0.4) is 0 Å². The second kappa shape index (κ2) is 8.59. The summed E-state index contributed by atoms with van der Waals surface area (Å²) in [6, 6.07) is 9.27. The average molecular weight is 334 g/mol. The zero-order valence-electron chi connectivity index (χ0n) is 13.6. The van der Waals surface area contributed by atoms with E-state index in [0.717, 1.165) is 17.1 Å². The van der Waals surface area contributed by atoms with Gasteiger partial charge >= 0.3 is 6.03 Å². The molecule has 0 saturated heterocycles. The molecule has 2 rings (SSSR count). The van der Waals surface area contributed by atoms with Crippen molar-refractivity contribution in [1.82, 2.24) is 14.7 Å². The third-order valence-corrected chi connectivity index (χ3v) is 3.51. The van der Waals surface area contributed by atoms with Gasteiger partial charge in [-0.25, -0.2) is 4.79 Å². The summed E-state index contributed by atoms with van der Waals surface area (Å²) >= 11 is 1.16. The number of carbonyl (C=O) groups excluding carboxylic acids is 1. The van der Waals surface area contributed by atoms with Crippen LogP contribution in [0.5, 0.6) is 0 Å². The van der Waals surface area contributed by atoms with Crippen molar-refractivity contribution in [2.45, 2.75) is 26.8 Å². The van der Waals surface area contributed by atoms with Crippen LogP contribution in [0.4, 0.5) is 9.93 Å². The highest BCUT2D eigenvalue weighted by molar-refractivity contribution is 7.10. The molecule has 1 atom stereocenters. The van der Waals surface area contributed by atoms with Crippen LogP contribution in [-0.4, -0.2) is 34.6 Å². The number of urea groups is 1. The number of hydrogen-bond donors (Lipinski definition) is 2. The first-order valence-electron chi connectivity index (χ1n) is 7.59. The van der Waals surface area contributed by atoms with Crippen LogP contribution >= 0.6 is 11.5 Å². The van der Waals surface area contributed by atoms with E-state index in [4.69, 9.17) is 4.74 Å². The molecule has 2 aromatic rings. The minimum absolute atomic E-state index is 0.0738. The van der Waals surface area contributed by atoms with Gasteiger partial charge in [-0.1, -0.05) is 44.2 Å². The second-order valence-corrected chi connectivity index (χ2v) is 6.47. The van der Waals surface area contributed by atoms with Gasteiger partial charge in [0.25, 0.3) is 0 Å². The maximum atomic E-state index is 11.9. The number of amides is 2. The van der Waals surface area contributed by atoms with Gasteiger partial charge in [-0.3, -0.25) is 5.32 Å². The summed E-state index contributed by atoms with van der Waals surface area (Å²) in [6.07, 6.45) is 0. The quantitative estimate of drug-likeness (QED) is 0.814. The smallest absolute Gasteiger partial charge is 0.321 e. The molecule has 0 aliphatic rings. The van der Waals surface area contributed by atoms with Crippen LogP contribution in [0, 0.1) is 5.92 Å². The monoisotopic (exact) mass is 334 g/mol. The van der Waals surface area contributed by atoms with Crippen LogP contribution in [-0.2, 0) is 4.74 Å². The average Bonchev–Trinajstić information content (AvgIpc) is 2.96. The van der Waals surface area contributed by atoms with Crippen molar-refractivity contribution in [1.29, 1.82) is 0 Å². The lowest BCUT2D eigenvalue weighted by atomic mass is 10.2. The number of rotatable bonds is 7. The molecule has 2 amide bonds. The lowest BCUT2D eigenvalue weighted by Gasteiger charge is -2.15. The summed E-state index contributed by atoms with van der Waals surface area (Å²) < 4.78 is 9.75. The number of nitrogens with one attached hydrogen (secondary N) is 2. The first kappa shape index (κ1) is 17.4. The van der Waals surface area contributed by atoms with E-state index in [9.17, 15) is 4.79 Å². The molecule has 0 fully saturated rings. The highest BCUT2D eigenvalue weighted by Gasteiger charge is 2.11. The highest BCUT2D eigenvalue weighted by Crippen LogP contribution is 2.20. The molecule has 0 spiro atoms. The molecule has 0 saturated carbocycles. The van der Waals surface area contributed by atoms with Gasteiger partial charge in [0.2, 0.25) is 5.13 Å². The fraction of sp³-hybridized carbons (Fsp3) is 0.438. The maximum absolute atomic E-state index is 11.9. The molecule has 23 heavy (non-hydrogen) atoms. The van der Waals surface area contributed by atoms with Crippen molar-refractivity contribution in [3.05, 3.63) is 30.3 Å². The molecule has 7 heteroatoms. The van der Waals surface area contributed by atoms with Crippen molar-refractivity contribution < 1.29 is 9.53 Å². The molecule has 6 nitrogen and oxygen atoms in total. The molecule has 0 bridgehead atoms. The summed E-state index contributed by atoms with van der Waals surface area (Å²) in [5, 5.41) is 5.99. The van der Waals surface area contributed by atoms with Crippen LogP contribution in [0.25, 0.3) is 11.4 Å². The van der Waals surface area contributed by atoms with E-state index < -0.39 is 0 Å². The van der Waals surface area contributed by atoms with Crippen LogP contribution in [0.15, 0.2) is 30.3 Å². The van der Waals surface area contributed by atoms with Crippen LogP contribution in [0.1, 0.15) is 20.8 Å². The summed E-state index contributed by atoms with van der Waals surface area (Å²) in [5.41, 5.74) is 0.924. The molecule has 0 aliphatic heterocycles. The highest BCUT2D eigenvalue weighted by atomic mass is 32.1. The molecule has 1 aromatic carbocycles. The third-order valence-electron chi connectivity index (χ3n) is 2.88. The molecule has 2 N–H and O–H groups in total. The van der Waals surface area contributed by atoms with Crippen molar-refractivity contribution in [3.63, 3.8) is 0 Å². The Kier molecular flexibility index (Phi) is 6.49. The van der Waals surface area contributed by atoms with Gasteiger partial charge < -0.3 is 10.1 Å². The number of anilines is 1. The second-order valence-electron chi connectivity index (χ2n) is 5.72. The number of benzene rings is 1. The number of carbonyl (C=O) groups is 1. The zero-order chi connectivity index (χ0) is 16.7. The maximum Gasteiger partial charge on any atom is 0.321 e. The first-order valence-corrected chi connectivity index (χ1v) is 8.36. The Morgan fingerprint density at radius 2 is 1.96 bits per heavy atom. The Labute approximate surface area is 140 Å². The Balaban J connectivity index is 1.80. The predicted molar refractivity (Wildman–Crippen MR) is 92.6 cm³/mol. The molecule has 0 aliphatic carbocycles. The standard InChI is InChI=1S/C16H22N4O2S/c1-11(2)9-22-10-12(3)17-15(21)19-16-18-14(20-23-16)13-7-5-4-6-8-13/h4-8,11-12H,9-10H2,1-3H3,(H2,17,18,19,20,21).